The van der Waals surface area contributed by atoms with Crippen molar-refractivity contribution in [3.8, 4) is 5.75 Å². The number of aromatic carboxylic acids is 1. The van der Waals surface area contributed by atoms with Crippen LogP contribution in [0.5, 0.6) is 5.75 Å². The minimum Gasteiger partial charge on any atom is -0.545 e. The van der Waals surface area contributed by atoms with Crippen molar-refractivity contribution >= 4 is 66.9 Å². The van der Waals surface area contributed by atoms with Crippen molar-refractivity contribution in [1.82, 2.24) is 19.9 Å². The predicted molar refractivity (Wildman–Crippen MR) is 214 cm³/mol. The molecule has 19 heteroatoms. The van der Waals surface area contributed by atoms with E-state index in [1.807, 2.05) is 0 Å². The average Bonchev–Trinajstić information content (AvgIpc) is 3.67. The maximum absolute atomic E-state index is 17.1. The first-order valence-electron chi connectivity index (χ1n) is 18.7. The number of ether oxygens (including phenoxy) is 1. The normalized spacial score (nSPS) is 19.8. The Labute approximate surface area is 339 Å². The van der Waals surface area contributed by atoms with Gasteiger partial charge in [0, 0.05) is 51.6 Å². The number of hydrogen-bond acceptors (Lipinski definition) is 10. The molecule has 3 aromatic carbocycles. The Bertz CT molecular complexity index is 2860. The Kier molecular flexibility index (Phi) is 9.78. The second-order valence-corrected chi connectivity index (χ2v) is 19.2. The fraction of sp³-hybridized carbons (Fsp3) is 0.220. The molecule has 12 nitrogen and oxygen atoms in total. The summed E-state index contributed by atoms with van der Waals surface area (Å²) >= 11 is 0. The third kappa shape index (κ3) is 6.69. The zero-order chi connectivity index (χ0) is 42.2. The van der Waals surface area contributed by atoms with Crippen molar-refractivity contribution in [2.75, 3.05) is 36.8 Å². The van der Waals surface area contributed by atoms with Gasteiger partial charge in [-0.3, -0.25) is 4.79 Å². The molecule has 0 saturated carbocycles. The zero-order valence-corrected chi connectivity index (χ0v) is 33.3. The molecule has 3 aliphatic heterocycles. The Morgan fingerprint density at radius 2 is 1.73 bits per heavy atom. The molecule has 2 fully saturated rings. The van der Waals surface area contributed by atoms with Gasteiger partial charge in [-0.1, -0.05) is 27.1 Å². The van der Waals surface area contributed by atoms with Gasteiger partial charge in [-0.15, -0.1) is 0 Å². The fourth-order valence-electron chi connectivity index (χ4n) is 7.86. The summed E-state index contributed by atoms with van der Waals surface area (Å²) in [5, 5.41) is 12.8. The molecule has 4 aliphatic rings. The number of rotatable bonds is 10. The highest BCUT2D eigenvalue weighted by molar-refractivity contribution is 8.24. The molecule has 2 unspecified atom stereocenters. The number of aromatic nitrogens is 4. The molecule has 306 valence electrons. The van der Waals surface area contributed by atoms with Crippen LogP contribution in [0.15, 0.2) is 77.9 Å². The largest absolute Gasteiger partial charge is 0.545 e. The summed E-state index contributed by atoms with van der Waals surface area (Å²) in [6.07, 6.45) is 3.18. The molecule has 5 heterocycles. The maximum atomic E-state index is 17.1. The number of Topliss-reactive ketones (excluding diaryl/α,β-unsaturated/α-hetero) is 1. The number of alkyl halides is 2. The van der Waals surface area contributed by atoms with Crippen LogP contribution in [0, 0.1) is 17.5 Å². The lowest BCUT2D eigenvalue weighted by Crippen LogP contribution is -2.48. The number of nitrogens with one attached hydrogen (secondary N) is 1. The highest BCUT2D eigenvalue weighted by Gasteiger charge is 2.43. The van der Waals surface area contributed by atoms with E-state index in [2.05, 4.69) is 28.9 Å². The van der Waals surface area contributed by atoms with E-state index in [9.17, 15) is 28.0 Å². The van der Waals surface area contributed by atoms with Crippen LogP contribution in [0.4, 0.5) is 33.6 Å². The van der Waals surface area contributed by atoms with Crippen molar-refractivity contribution in [3.63, 3.8) is 0 Å². The molecule has 2 aromatic heterocycles. The van der Waals surface area contributed by atoms with E-state index in [1.165, 1.54) is 30.6 Å². The molecule has 0 spiro atoms. The molecule has 3 N–H and O–H groups in total. The number of nitrogen functional groups attached to an aromatic ring is 1. The van der Waals surface area contributed by atoms with E-state index >= 15 is 13.2 Å². The number of fused-ring (bicyclic) bond motifs is 3. The quantitative estimate of drug-likeness (QED) is 0.0632. The minimum atomic E-state index is -3.73. The van der Waals surface area contributed by atoms with Crippen LogP contribution in [0.25, 0.3) is 16.7 Å². The van der Waals surface area contributed by atoms with Crippen LogP contribution in [0.2, 0.25) is 0 Å². The Hall–Kier alpha value is -6.05. The van der Waals surface area contributed by atoms with Crippen molar-refractivity contribution in [2.24, 2.45) is 0 Å². The van der Waals surface area contributed by atoms with Gasteiger partial charge in [0.05, 0.1) is 30.9 Å². The van der Waals surface area contributed by atoms with E-state index in [4.69, 9.17) is 10.5 Å². The number of hydrogen-bond donors (Lipinski definition) is 2. The summed E-state index contributed by atoms with van der Waals surface area (Å²) in [5.74, 6) is -8.64. The number of carboxylic acids is 1. The first kappa shape index (κ1) is 39.4. The van der Waals surface area contributed by atoms with E-state index in [1.54, 1.807) is 45.9 Å². The molecule has 0 amide bonds. The molecular weight excluding hydrogens is 827 g/mol. The third-order valence-electron chi connectivity index (χ3n) is 11.0. The van der Waals surface area contributed by atoms with Gasteiger partial charge in [0.15, 0.2) is 43.0 Å². The molecule has 9 rings (SSSR count). The number of aryl methyl sites for hydroxylation is 1. The van der Waals surface area contributed by atoms with Gasteiger partial charge in [0.1, 0.15) is 35.6 Å². The number of imidazole rings is 1. The monoisotopic (exact) mass is 859 g/mol. The van der Waals surface area contributed by atoms with Gasteiger partial charge in [-0.2, -0.15) is 4.98 Å². The molecule has 2 atom stereocenters. The van der Waals surface area contributed by atoms with Gasteiger partial charge in [0.2, 0.25) is 17.8 Å². The second-order valence-electron chi connectivity index (χ2n) is 14.8. The number of halogens is 5. The Morgan fingerprint density at radius 1 is 1.00 bits per heavy atom. The second kappa shape index (κ2) is 14.9. The van der Waals surface area contributed by atoms with Crippen molar-refractivity contribution in [3.05, 3.63) is 129 Å². The third-order valence-corrected chi connectivity index (χ3v) is 14.8. The van der Waals surface area contributed by atoms with E-state index in [-0.39, 0.29) is 72.5 Å². The van der Waals surface area contributed by atoms with E-state index in [0.29, 0.717) is 39.6 Å². The fourth-order valence-corrected chi connectivity index (χ4v) is 11.1. The summed E-state index contributed by atoms with van der Waals surface area (Å²) in [6, 6.07) is 10.9. The van der Waals surface area contributed by atoms with Crippen LogP contribution in [-0.2, 0) is 17.6 Å². The summed E-state index contributed by atoms with van der Waals surface area (Å²) < 4.78 is 99.2. The molecule has 5 aromatic rings. The van der Waals surface area contributed by atoms with E-state index < -0.39 is 71.5 Å². The number of carboxylic acid groups (broad SMARTS) is 1. The zero-order valence-electron chi connectivity index (χ0n) is 31.2. The van der Waals surface area contributed by atoms with Crippen LogP contribution in [0.1, 0.15) is 49.5 Å². The summed E-state index contributed by atoms with van der Waals surface area (Å²) in [7, 11) is 2.32. The number of nitrogens with two attached hydrogens (primary N) is 1. The van der Waals surface area contributed by atoms with E-state index in [0.717, 1.165) is 0 Å². The lowest BCUT2D eigenvalue weighted by Gasteiger charge is -2.38. The van der Waals surface area contributed by atoms with Crippen molar-refractivity contribution in [2.45, 2.75) is 31.8 Å². The first-order chi connectivity index (χ1) is 28.7. The molecule has 1 aliphatic carbocycles. The van der Waals surface area contributed by atoms with Gasteiger partial charge >= 0.3 is 0 Å². The number of nitrogens with zero attached hydrogens (tertiary/aromatic N) is 5. The van der Waals surface area contributed by atoms with Crippen molar-refractivity contribution in [1.29, 1.82) is 0 Å². The number of benzene rings is 3. The van der Waals surface area contributed by atoms with Gasteiger partial charge in [0.25, 0.3) is 0 Å². The SMILES string of the molecule is Nc1nc(COc2ccc(CCC(=O)c3c(F)c(F)c(C(=O)[O-])c(C4=C5C=CC(=[N+]6CC(F)C6)C=C5P(=O)(P)c5cc(N6CC(F)C6)ccc54)c3F)cc2)c2[nH]cnc2n1. The number of H-pyrrole nitrogens is 1. The topological polar surface area (TPSA) is 170 Å². The molecule has 0 bridgehead atoms. The summed E-state index contributed by atoms with van der Waals surface area (Å²) in [4.78, 5) is 43.3. The number of carbonyl (C=O) groups is 2. The number of aromatic amines is 1. The number of anilines is 2. The maximum Gasteiger partial charge on any atom is 0.222 e. The molecule has 0 radical (unpaired) electrons. The predicted octanol–water partition coefficient (Wildman–Crippen LogP) is 5.12. The lowest BCUT2D eigenvalue weighted by atomic mass is 9.84. The van der Waals surface area contributed by atoms with Crippen LogP contribution >= 0.6 is 15.8 Å². The van der Waals surface area contributed by atoms with Crippen LogP contribution < -0.4 is 25.8 Å². The first-order valence-corrected chi connectivity index (χ1v) is 22.0. The smallest absolute Gasteiger partial charge is 0.222 e. The standard InChI is InChI=1S/C41H32F5N7O5P2/c42-20-13-52(14-20)22-4-8-25-29(11-22)60(57,59)30-12-23(53-15-21(43)16-53)5-9-26(30)31(25)33-34(40(55)56)37(46)36(45)32(35(33)44)28(54)10-3-19-1-6-24(7-2-19)58-17-27-38-39(49-18-48-38)51-41(47)50-27/h1-2,4-9,11-12,18,20-21,47H,3,10,13-17,59H2,(H2,55,56,57). The number of carbonyl (C=O) groups excluding carboxylic acids is 2. The Balaban J connectivity index is 1.07. The minimum absolute atomic E-state index is 0.0124. The summed E-state index contributed by atoms with van der Waals surface area (Å²) in [6.45, 7) is -3.49. The number of ketones is 1. The summed E-state index contributed by atoms with van der Waals surface area (Å²) in [5.41, 5.74) is 4.69. The number of allylic oxidation sites excluding steroid dienone is 5. The van der Waals surface area contributed by atoms with Crippen molar-refractivity contribution < 1.29 is 50.5 Å². The van der Waals surface area contributed by atoms with Crippen LogP contribution in [-0.4, -0.2) is 80.5 Å². The van der Waals surface area contributed by atoms with Gasteiger partial charge in [-0.25, -0.2) is 36.5 Å². The lowest BCUT2D eigenvalue weighted by molar-refractivity contribution is -0.599. The van der Waals surface area contributed by atoms with Gasteiger partial charge in [-0.05, 0) is 53.5 Å². The molecule has 2 saturated heterocycles. The van der Waals surface area contributed by atoms with Gasteiger partial charge < -0.3 is 34.8 Å². The highest BCUT2D eigenvalue weighted by Crippen LogP contribution is 2.68. The average molecular weight is 860 g/mol. The molecule has 60 heavy (non-hydrogen) atoms. The highest BCUT2D eigenvalue weighted by atomic mass is 32.0. The molecular formula is C41H32F5N7O5P2. The Morgan fingerprint density at radius 3 is 2.43 bits per heavy atom. The van der Waals surface area contributed by atoms with Crippen LogP contribution in [0.3, 0.4) is 0 Å².